The smallest absolute Gasteiger partial charge is 0.410 e. The van der Waals surface area contributed by atoms with E-state index in [1.807, 2.05) is 20.8 Å². The minimum atomic E-state index is -1.59. The molecule has 2 atom stereocenters. The van der Waals surface area contributed by atoms with Crippen LogP contribution >= 0.6 is 0 Å². The van der Waals surface area contributed by atoms with E-state index in [9.17, 15) is 19.1 Å². The fourth-order valence-corrected chi connectivity index (χ4v) is 4.10. The summed E-state index contributed by atoms with van der Waals surface area (Å²) in [5.41, 5.74) is -0.804. The van der Waals surface area contributed by atoms with Gasteiger partial charge in [0.2, 0.25) is 5.03 Å². The summed E-state index contributed by atoms with van der Waals surface area (Å²) < 4.78 is 17.9. The molecular weight excluding hydrogens is 346 g/mol. The van der Waals surface area contributed by atoms with Crippen molar-refractivity contribution in [2.24, 2.45) is 5.92 Å². The van der Waals surface area contributed by atoms with Crippen molar-refractivity contribution in [2.75, 3.05) is 18.8 Å². The van der Waals surface area contributed by atoms with Crippen molar-refractivity contribution in [3.05, 3.63) is 28.4 Å². The first kappa shape index (κ1) is 19.3. The van der Waals surface area contributed by atoms with Crippen LogP contribution in [0.1, 0.15) is 33.6 Å². The number of carbonyl (C=O) groups excluding carboxylic acids is 1. The molecule has 0 bridgehead atoms. The predicted octanol–water partition coefficient (Wildman–Crippen LogP) is 2.74. The van der Waals surface area contributed by atoms with Gasteiger partial charge in [0.15, 0.2) is 0 Å². The van der Waals surface area contributed by atoms with Crippen LogP contribution < -0.4 is 0 Å². The van der Waals surface area contributed by atoms with Crippen molar-refractivity contribution >= 4 is 22.6 Å². The Morgan fingerprint density at radius 3 is 2.88 bits per heavy atom. The molecule has 2 heterocycles. The molecule has 1 amide bonds. The highest BCUT2D eigenvalue weighted by Crippen LogP contribution is 2.24. The maximum atomic E-state index is 12.6. The lowest BCUT2D eigenvalue weighted by Gasteiger charge is -2.33. The number of piperidine rings is 1. The second-order valence-electron chi connectivity index (χ2n) is 7.03. The van der Waals surface area contributed by atoms with Gasteiger partial charge in [0.05, 0.1) is 15.7 Å². The Kier molecular flexibility index (Phi) is 6.10. The van der Waals surface area contributed by atoms with E-state index in [1.54, 1.807) is 4.90 Å². The average Bonchev–Trinajstić information content (AvgIpc) is 2.53. The molecule has 1 fully saturated rings. The first-order valence-corrected chi connectivity index (χ1v) is 9.45. The lowest BCUT2D eigenvalue weighted by Crippen LogP contribution is -2.44. The van der Waals surface area contributed by atoms with Gasteiger partial charge < -0.3 is 9.64 Å². The van der Waals surface area contributed by atoms with Crippen LogP contribution in [0.3, 0.4) is 0 Å². The van der Waals surface area contributed by atoms with Gasteiger partial charge in [-0.15, -0.1) is 0 Å². The molecule has 0 N–H and O–H groups in total. The maximum absolute atomic E-state index is 12.6. The molecule has 1 saturated heterocycles. The van der Waals surface area contributed by atoms with E-state index < -0.39 is 21.3 Å². The Labute approximate surface area is 149 Å². The predicted molar refractivity (Wildman–Crippen MR) is 92.7 cm³/mol. The molecule has 0 radical (unpaired) electrons. The summed E-state index contributed by atoms with van der Waals surface area (Å²) in [6.07, 6.45) is 2.61. The molecule has 8 nitrogen and oxygen atoms in total. The number of carbonyl (C=O) groups is 1. The highest BCUT2D eigenvalue weighted by Gasteiger charge is 2.30. The van der Waals surface area contributed by atoms with E-state index in [4.69, 9.17) is 4.74 Å². The van der Waals surface area contributed by atoms with Gasteiger partial charge in [-0.2, -0.15) is 0 Å². The van der Waals surface area contributed by atoms with Crippen LogP contribution in [0.4, 0.5) is 10.5 Å². The van der Waals surface area contributed by atoms with Gasteiger partial charge in [0, 0.05) is 31.1 Å². The molecule has 0 saturated carbocycles. The van der Waals surface area contributed by atoms with Crippen molar-refractivity contribution < 1.29 is 18.7 Å². The minimum Gasteiger partial charge on any atom is -0.444 e. The molecule has 0 aromatic carbocycles. The van der Waals surface area contributed by atoms with Gasteiger partial charge in [-0.05, 0) is 45.6 Å². The number of hydrogen-bond donors (Lipinski definition) is 0. The third kappa shape index (κ3) is 5.48. The number of rotatable bonds is 4. The van der Waals surface area contributed by atoms with Gasteiger partial charge in [0.1, 0.15) is 5.60 Å². The SMILES string of the molecule is CC(C)(C)OC(=O)N1CCC[C@@H](C[S@](=O)c2ncccc2[N+](=O)[O-])C1. The number of aromatic nitrogens is 1. The molecule has 1 aliphatic heterocycles. The summed E-state index contributed by atoms with van der Waals surface area (Å²) >= 11 is 0. The lowest BCUT2D eigenvalue weighted by molar-refractivity contribution is -0.388. The van der Waals surface area contributed by atoms with E-state index in [-0.39, 0.29) is 28.5 Å². The zero-order valence-corrected chi connectivity index (χ0v) is 15.5. The molecule has 0 aliphatic carbocycles. The van der Waals surface area contributed by atoms with E-state index >= 15 is 0 Å². The lowest BCUT2D eigenvalue weighted by atomic mass is 10.0. The fourth-order valence-electron chi connectivity index (χ4n) is 2.68. The third-order valence-corrected chi connectivity index (χ3v) is 5.24. The molecule has 138 valence electrons. The highest BCUT2D eigenvalue weighted by molar-refractivity contribution is 7.85. The molecule has 2 rings (SSSR count). The standard InChI is InChI=1S/C16H23N3O5S/c1-16(2,3)24-15(20)18-9-5-6-12(10-18)11-25(23)14-13(19(21)22)7-4-8-17-14/h4,7-8,12H,5-6,9-11H2,1-3H3/t12-,25+/m1/s1. The topological polar surface area (TPSA) is 103 Å². The highest BCUT2D eigenvalue weighted by atomic mass is 32.2. The Morgan fingerprint density at radius 1 is 1.52 bits per heavy atom. The van der Waals surface area contributed by atoms with Crippen LogP contribution in [0, 0.1) is 16.0 Å². The second-order valence-corrected chi connectivity index (χ2v) is 8.44. The third-order valence-electron chi connectivity index (χ3n) is 3.72. The van der Waals surface area contributed by atoms with Gasteiger partial charge in [-0.1, -0.05) is 0 Å². The molecule has 9 heteroatoms. The second kappa shape index (κ2) is 7.90. The number of amides is 1. The van der Waals surface area contributed by atoms with E-state index in [0.29, 0.717) is 13.1 Å². The fraction of sp³-hybridized carbons (Fsp3) is 0.625. The number of likely N-dealkylation sites (tertiary alicyclic amines) is 1. The number of hydrogen-bond acceptors (Lipinski definition) is 6. The van der Waals surface area contributed by atoms with Gasteiger partial charge >= 0.3 is 11.8 Å². The molecule has 1 aromatic heterocycles. The van der Waals surface area contributed by atoms with E-state index in [0.717, 1.165) is 12.8 Å². The van der Waals surface area contributed by atoms with Gasteiger partial charge in [-0.3, -0.25) is 14.3 Å². The first-order valence-electron chi connectivity index (χ1n) is 8.13. The number of pyridine rings is 1. The van der Waals surface area contributed by atoms with Crippen LogP contribution in [0.2, 0.25) is 0 Å². The molecule has 0 spiro atoms. The zero-order chi connectivity index (χ0) is 18.6. The van der Waals surface area contributed by atoms with Crippen LogP contribution in [0.5, 0.6) is 0 Å². The van der Waals surface area contributed by atoms with Crippen molar-refractivity contribution in [1.82, 2.24) is 9.88 Å². The monoisotopic (exact) mass is 369 g/mol. The summed E-state index contributed by atoms with van der Waals surface area (Å²) in [7, 11) is -1.59. The summed E-state index contributed by atoms with van der Waals surface area (Å²) in [5, 5.41) is 11.0. The summed E-state index contributed by atoms with van der Waals surface area (Å²) in [5.74, 6) is 0.223. The van der Waals surface area contributed by atoms with Crippen molar-refractivity contribution in [2.45, 2.75) is 44.2 Å². The van der Waals surface area contributed by atoms with Crippen LogP contribution in [0.15, 0.2) is 23.4 Å². The van der Waals surface area contributed by atoms with E-state index in [2.05, 4.69) is 4.98 Å². The number of nitro groups is 1. The number of nitrogens with zero attached hydrogens (tertiary/aromatic N) is 3. The van der Waals surface area contributed by atoms with E-state index in [1.165, 1.54) is 18.3 Å². The Hall–Kier alpha value is -2.03. The van der Waals surface area contributed by atoms with Crippen molar-refractivity contribution in [3.8, 4) is 0 Å². The Morgan fingerprint density at radius 2 is 2.24 bits per heavy atom. The number of ether oxygens (including phenoxy) is 1. The zero-order valence-electron chi connectivity index (χ0n) is 14.6. The van der Waals surface area contributed by atoms with Crippen molar-refractivity contribution in [3.63, 3.8) is 0 Å². The molecule has 1 aliphatic rings. The summed E-state index contributed by atoms with van der Waals surface area (Å²) in [6, 6.07) is 2.75. The maximum Gasteiger partial charge on any atom is 0.410 e. The van der Waals surface area contributed by atoms with Crippen LogP contribution in [0.25, 0.3) is 0 Å². The van der Waals surface area contributed by atoms with Crippen LogP contribution in [-0.2, 0) is 15.5 Å². The van der Waals surface area contributed by atoms with Crippen molar-refractivity contribution in [1.29, 1.82) is 0 Å². The Balaban J connectivity index is 2.02. The minimum absolute atomic E-state index is 0.0105. The van der Waals surface area contributed by atoms with Gasteiger partial charge in [-0.25, -0.2) is 9.78 Å². The molecular formula is C16H23N3O5S. The first-order chi connectivity index (χ1) is 11.7. The molecule has 1 aromatic rings. The Bertz CT molecular complexity index is 674. The molecule has 0 unspecified atom stereocenters. The largest absolute Gasteiger partial charge is 0.444 e. The van der Waals surface area contributed by atoms with Gasteiger partial charge in [0.25, 0.3) is 0 Å². The summed E-state index contributed by atoms with van der Waals surface area (Å²) in [6.45, 7) is 6.45. The molecule has 25 heavy (non-hydrogen) atoms. The normalized spacial score (nSPS) is 19.3. The quantitative estimate of drug-likeness (QED) is 0.597. The van der Waals surface area contributed by atoms with Crippen LogP contribution in [-0.4, -0.2) is 49.6 Å². The summed E-state index contributed by atoms with van der Waals surface area (Å²) in [4.78, 5) is 28.2. The average molecular weight is 369 g/mol.